The van der Waals surface area contributed by atoms with E-state index in [1.165, 1.54) is 5.56 Å². The largest absolute Gasteiger partial charge is 0.392 e. The van der Waals surface area contributed by atoms with E-state index in [-0.39, 0.29) is 5.75 Å². The minimum atomic E-state index is -3.07. The van der Waals surface area contributed by atoms with Gasteiger partial charge in [0.05, 0.1) is 17.1 Å². The van der Waals surface area contributed by atoms with Crippen molar-refractivity contribution in [2.45, 2.75) is 49.9 Å². The van der Waals surface area contributed by atoms with Gasteiger partial charge in [0.2, 0.25) is 0 Å². The lowest BCUT2D eigenvalue weighted by Crippen LogP contribution is -2.38. The molecule has 0 amide bonds. The Morgan fingerprint density at radius 2 is 1.95 bits per heavy atom. The Labute approximate surface area is 115 Å². The first kappa shape index (κ1) is 14.5. The Morgan fingerprint density at radius 1 is 1.21 bits per heavy atom. The minimum absolute atomic E-state index is 0.243. The van der Waals surface area contributed by atoms with E-state index in [0.29, 0.717) is 12.8 Å². The Kier molecular flexibility index (Phi) is 4.99. The standard InChI is InChI=1S/C15H22O3S/c16-14(15-11-4-5-12-19(15,17)18)10-6-9-13-7-2-1-3-8-13/h1-3,7-8,14-16H,4-6,9-12H2. The van der Waals surface area contributed by atoms with Crippen LogP contribution in [0, 0.1) is 0 Å². The molecule has 1 saturated heterocycles. The summed E-state index contributed by atoms with van der Waals surface area (Å²) in [6.45, 7) is 0. The Bertz CT molecular complexity index is 481. The summed E-state index contributed by atoms with van der Waals surface area (Å²) in [6.07, 6.45) is 3.87. The molecule has 2 unspecified atom stereocenters. The number of hydrogen-bond donors (Lipinski definition) is 1. The quantitative estimate of drug-likeness (QED) is 0.902. The molecule has 0 aliphatic carbocycles. The van der Waals surface area contributed by atoms with Crippen molar-refractivity contribution in [3.63, 3.8) is 0 Å². The topological polar surface area (TPSA) is 54.4 Å². The number of rotatable bonds is 5. The summed E-state index contributed by atoms with van der Waals surface area (Å²) in [5.41, 5.74) is 1.24. The zero-order chi connectivity index (χ0) is 13.7. The fourth-order valence-electron chi connectivity index (χ4n) is 2.76. The van der Waals surface area contributed by atoms with Gasteiger partial charge in [-0.1, -0.05) is 36.8 Å². The molecule has 2 atom stereocenters. The molecule has 1 aliphatic heterocycles. The highest BCUT2D eigenvalue weighted by Gasteiger charge is 2.34. The van der Waals surface area contributed by atoms with Crippen molar-refractivity contribution in [1.29, 1.82) is 0 Å². The number of benzene rings is 1. The van der Waals surface area contributed by atoms with Crippen LogP contribution in [0.15, 0.2) is 30.3 Å². The third-order valence-corrected chi connectivity index (χ3v) is 6.20. The zero-order valence-corrected chi connectivity index (χ0v) is 12.0. The monoisotopic (exact) mass is 282 g/mol. The second-order valence-electron chi connectivity index (χ2n) is 5.35. The molecule has 19 heavy (non-hydrogen) atoms. The summed E-state index contributed by atoms with van der Waals surface area (Å²) < 4.78 is 23.8. The molecule has 0 spiro atoms. The zero-order valence-electron chi connectivity index (χ0n) is 11.2. The highest BCUT2D eigenvalue weighted by atomic mass is 32.2. The molecule has 1 aromatic carbocycles. The molecule has 4 heteroatoms. The molecule has 0 saturated carbocycles. The first-order valence-corrected chi connectivity index (χ1v) is 8.75. The lowest BCUT2D eigenvalue weighted by Gasteiger charge is -2.26. The SMILES string of the molecule is O=S1(=O)CCCCC1C(O)CCCc1ccccc1. The van der Waals surface area contributed by atoms with Gasteiger partial charge in [-0.15, -0.1) is 0 Å². The fourth-order valence-corrected chi connectivity index (χ4v) is 4.81. The Morgan fingerprint density at radius 3 is 2.63 bits per heavy atom. The Hall–Kier alpha value is -0.870. The molecule has 1 aromatic rings. The van der Waals surface area contributed by atoms with Gasteiger partial charge in [-0.3, -0.25) is 0 Å². The van der Waals surface area contributed by atoms with E-state index in [9.17, 15) is 13.5 Å². The van der Waals surface area contributed by atoms with Gasteiger partial charge in [-0.2, -0.15) is 0 Å². The first-order valence-electron chi connectivity index (χ1n) is 7.03. The van der Waals surface area contributed by atoms with Crippen molar-refractivity contribution in [1.82, 2.24) is 0 Å². The van der Waals surface area contributed by atoms with E-state index in [2.05, 4.69) is 12.1 Å². The van der Waals surface area contributed by atoms with Gasteiger partial charge in [0.25, 0.3) is 0 Å². The second kappa shape index (κ2) is 6.53. The molecule has 0 bridgehead atoms. The highest BCUT2D eigenvalue weighted by Crippen LogP contribution is 2.24. The molecule has 3 nitrogen and oxygen atoms in total. The summed E-state index contributed by atoms with van der Waals surface area (Å²) >= 11 is 0. The molecule has 1 aliphatic rings. The molecule has 1 heterocycles. The minimum Gasteiger partial charge on any atom is -0.392 e. The summed E-state index contributed by atoms with van der Waals surface area (Å²) in [5, 5.41) is 9.58. The van der Waals surface area contributed by atoms with E-state index in [0.717, 1.165) is 25.7 Å². The summed E-state index contributed by atoms with van der Waals surface area (Å²) in [4.78, 5) is 0. The molecular formula is C15H22O3S. The average Bonchev–Trinajstić information content (AvgIpc) is 2.39. The van der Waals surface area contributed by atoms with E-state index in [4.69, 9.17) is 0 Å². The van der Waals surface area contributed by atoms with Crippen LogP contribution in [0.3, 0.4) is 0 Å². The van der Waals surface area contributed by atoms with Crippen molar-refractivity contribution in [2.75, 3.05) is 5.75 Å². The van der Waals surface area contributed by atoms with Crippen LogP contribution in [-0.4, -0.2) is 30.6 Å². The summed E-state index contributed by atoms with van der Waals surface area (Å²) in [5.74, 6) is 0.243. The highest BCUT2D eigenvalue weighted by molar-refractivity contribution is 7.92. The van der Waals surface area contributed by atoms with Gasteiger partial charge in [0, 0.05) is 0 Å². The summed E-state index contributed by atoms with van der Waals surface area (Å²) in [7, 11) is -3.07. The maximum Gasteiger partial charge on any atom is 0.155 e. The van der Waals surface area contributed by atoms with Crippen LogP contribution in [0.5, 0.6) is 0 Å². The van der Waals surface area contributed by atoms with Crippen molar-refractivity contribution >= 4 is 9.84 Å². The van der Waals surface area contributed by atoms with Gasteiger partial charge < -0.3 is 5.11 Å². The van der Waals surface area contributed by atoms with Crippen LogP contribution in [0.2, 0.25) is 0 Å². The number of hydrogen-bond acceptors (Lipinski definition) is 3. The maximum atomic E-state index is 11.9. The van der Waals surface area contributed by atoms with E-state index < -0.39 is 21.2 Å². The van der Waals surface area contributed by atoms with Crippen LogP contribution in [0.25, 0.3) is 0 Å². The van der Waals surface area contributed by atoms with Gasteiger partial charge >= 0.3 is 0 Å². The third-order valence-electron chi connectivity index (χ3n) is 3.87. The predicted octanol–water partition coefficient (Wildman–Crippen LogP) is 2.34. The maximum absolute atomic E-state index is 11.9. The van der Waals surface area contributed by atoms with Crippen LogP contribution in [-0.2, 0) is 16.3 Å². The normalized spacial score (nSPS) is 23.9. The van der Waals surface area contributed by atoms with Crippen LogP contribution < -0.4 is 0 Å². The van der Waals surface area contributed by atoms with Crippen molar-refractivity contribution in [2.24, 2.45) is 0 Å². The first-order chi connectivity index (χ1) is 9.09. The van der Waals surface area contributed by atoms with Gasteiger partial charge in [-0.25, -0.2) is 8.42 Å². The number of aliphatic hydroxyl groups is 1. The lowest BCUT2D eigenvalue weighted by molar-refractivity contribution is 0.149. The molecule has 0 radical (unpaired) electrons. The third kappa shape index (κ3) is 4.05. The predicted molar refractivity (Wildman–Crippen MR) is 76.8 cm³/mol. The lowest BCUT2D eigenvalue weighted by atomic mass is 10.0. The van der Waals surface area contributed by atoms with E-state index in [1.54, 1.807) is 0 Å². The molecule has 2 rings (SSSR count). The van der Waals surface area contributed by atoms with Crippen molar-refractivity contribution in [3.05, 3.63) is 35.9 Å². The number of aliphatic hydroxyl groups excluding tert-OH is 1. The fraction of sp³-hybridized carbons (Fsp3) is 0.600. The van der Waals surface area contributed by atoms with Crippen molar-refractivity contribution < 1.29 is 13.5 Å². The van der Waals surface area contributed by atoms with Gasteiger partial charge in [0.15, 0.2) is 9.84 Å². The Balaban J connectivity index is 1.82. The van der Waals surface area contributed by atoms with E-state index in [1.807, 2.05) is 18.2 Å². The van der Waals surface area contributed by atoms with E-state index >= 15 is 0 Å². The smallest absolute Gasteiger partial charge is 0.155 e. The molecule has 106 valence electrons. The molecule has 1 fully saturated rings. The molecule has 1 N–H and O–H groups in total. The number of sulfone groups is 1. The second-order valence-corrected chi connectivity index (χ2v) is 7.69. The van der Waals surface area contributed by atoms with Gasteiger partial charge in [-0.05, 0) is 37.7 Å². The van der Waals surface area contributed by atoms with Crippen LogP contribution >= 0.6 is 0 Å². The molecule has 0 aromatic heterocycles. The summed E-state index contributed by atoms with van der Waals surface area (Å²) in [6, 6.07) is 10.1. The van der Waals surface area contributed by atoms with Crippen LogP contribution in [0.4, 0.5) is 0 Å². The average molecular weight is 282 g/mol. The molecular weight excluding hydrogens is 260 g/mol. The number of aryl methyl sites for hydroxylation is 1. The van der Waals surface area contributed by atoms with Gasteiger partial charge in [0.1, 0.15) is 0 Å². The van der Waals surface area contributed by atoms with Crippen LogP contribution in [0.1, 0.15) is 37.7 Å². The van der Waals surface area contributed by atoms with Crippen molar-refractivity contribution in [3.8, 4) is 0 Å².